The Bertz CT molecular complexity index is 967. The van der Waals surface area contributed by atoms with Crippen LogP contribution in [-0.4, -0.2) is 45.6 Å². The molecule has 6 heteroatoms. The van der Waals surface area contributed by atoms with Crippen LogP contribution in [0.4, 0.5) is 0 Å². The molecule has 2 aromatic carbocycles. The highest BCUT2D eigenvalue weighted by Gasteiger charge is 2.17. The van der Waals surface area contributed by atoms with E-state index in [0.717, 1.165) is 43.4 Å². The maximum Gasteiger partial charge on any atom is 0.204 e. The SMILES string of the molecule is Cc1ccc(-c2nn(CN3CCOCC3)c(=S)n2-c2ccc(C)cc2)cc1. The van der Waals surface area contributed by atoms with Crippen molar-refractivity contribution in [3.05, 3.63) is 64.4 Å². The number of nitrogens with zero attached hydrogens (tertiary/aromatic N) is 4. The Morgan fingerprint density at radius 1 is 0.926 bits per heavy atom. The van der Waals surface area contributed by atoms with Gasteiger partial charge in [0.2, 0.25) is 4.77 Å². The Labute approximate surface area is 164 Å². The minimum Gasteiger partial charge on any atom is -0.379 e. The minimum atomic E-state index is 0.680. The van der Waals surface area contributed by atoms with Crippen molar-refractivity contribution in [1.82, 2.24) is 19.2 Å². The number of aromatic nitrogens is 3. The Hall–Kier alpha value is -2.28. The molecule has 1 aromatic heterocycles. The molecule has 3 aromatic rings. The number of ether oxygens (including phenoxy) is 1. The molecular formula is C21H24N4OS. The molecule has 2 heterocycles. The van der Waals surface area contributed by atoms with Crippen molar-refractivity contribution < 1.29 is 4.74 Å². The van der Waals surface area contributed by atoms with Gasteiger partial charge in [0.05, 0.1) is 19.9 Å². The minimum absolute atomic E-state index is 0.680. The highest BCUT2D eigenvalue weighted by atomic mass is 32.1. The standard InChI is InChI=1S/C21H24N4OS/c1-16-3-7-18(8-4-16)20-22-24(15-23-11-13-26-14-12-23)21(27)25(20)19-9-5-17(2)6-10-19/h3-10H,11-15H2,1-2H3. The summed E-state index contributed by atoms with van der Waals surface area (Å²) in [6, 6.07) is 16.8. The molecule has 1 fully saturated rings. The van der Waals surface area contributed by atoms with Gasteiger partial charge in [0.1, 0.15) is 0 Å². The van der Waals surface area contributed by atoms with Crippen LogP contribution in [0, 0.1) is 18.6 Å². The van der Waals surface area contributed by atoms with E-state index in [1.165, 1.54) is 11.1 Å². The van der Waals surface area contributed by atoms with Crippen molar-refractivity contribution in [3.63, 3.8) is 0 Å². The number of hydrogen-bond donors (Lipinski definition) is 0. The third-order valence-corrected chi connectivity index (χ3v) is 5.27. The second-order valence-electron chi connectivity index (χ2n) is 7.01. The van der Waals surface area contributed by atoms with Crippen LogP contribution in [0.3, 0.4) is 0 Å². The Morgan fingerprint density at radius 3 is 2.15 bits per heavy atom. The Balaban J connectivity index is 1.80. The van der Waals surface area contributed by atoms with Gasteiger partial charge in [0.15, 0.2) is 5.82 Å². The van der Waals surface area contributed by atoms with Crippen LogP contribution in [0.2, 0.25) is 0 Å². The zero-order valence-corrected chi connectivity index (χ0v) is 16.6. The average molecular weight is 381 g/mol. The van der Waals surface area contributed by atoms with Crippen molar-refractivity contribution in [2.45, 2.75) is 20.5 Å². The molecule has 0 bridgehead atoms. The van der Waals surface area contributed by atoms with Gasteiger partial charge in [-0.05, 0) is 38.2 Å². The molecule has 0 unspecified atom stereocenters. The van der Waals surface area contributed by atoms with E-state index < -0.39 is 0 Å². The topological polar surface area (TPSA) is 35.2 Å². The third kappa shape index (κ3) is 3.88. The van der Waals surface area contributed by atoms with Crippen molar-refractivity contribution >= 4 is 12.2 Å². The van der Waals surface area contributed by atoms with Crippen LogP contribution in [0.5, 0.6) is 0 Å². The predicted molar refractivity (Wildman–Crippen MR) is 110 cm³/mol. The van der Waals surface area contributed by atoms with E-state index in [1.807, 2.05) is 4.68 Å². The summed E-state index contributed by atoms with van der Waals surface area (Å²) in [5.74, 6) is 0.872. The Kier molecular flexibility index (Phi) is 5.20. The largest absolute Gasteiger partial charge is 0.379 e. The van der Waals surface area contributed by atoms with Gasteiger partial charge >= 0.3 is 0 Å². The van der Waals surface area contributed by atoms with Crippen molar-refractivity contribution in [2.75, 3.05) is 26.3 Å². The van der Waals surface area contributed by atoms with E-state index in [2.05, 4.69) is 71.8 Å². The molecule has 1 aliphatic rings. The lowest BCUT2D eigenvalue weighted by Gasteiger charge is -2.26. The molecule has 27 heavy (non-hydrogen) atoms. The van der Waals surface area contributed by atoms with E-state index in [9.17, 15) is 0 Å². The number of benzene rings is 2. The first-order chi connectivity index (χ1) is 13.1. The summed E-state index contributed by atoms with van der Waals surface area (Å²) in [5.41, 5.74) is 4.55. The van der Waals surface area contributed by atoms with Crippen LogP contribution < -0.4 is 0 Å². The monoisotopic (exact) mass is 380 g/mol. The highest BCUT2D eigenvalue weighted by molar-refractivity contribution is 7.71. The lowest BCUT2D eigenvalue weighted by atomic mass is 10.1. The fraction of sp³-hybridized carbons (Fsp3) is 0.333. The van der Waals surface area contributed by atoms with Crippen LogP contribution in [0.15, 0.2) is 48.5 Å². The lowest BCUT2D eigenvalue weighted by Crippen LogP contribution is -2.37. The van der Waals surface area contributed by atoms with Gasteiger partial charge < -0.3 is 4.74 Å². The quantitative estimate of drug-likeness (QED) is 0.642. The summed E-state index contributed by atoms with van der Waals surface area (Å²) >= 11 is 5.83. The molecule has 0 aliphatic carbocycles. The third-order valence-electron chi connectivity index (χ3n) is 4.88. The zero-order chi connectivity index (χ0) is 18.8. The normalized spacial score (nSPS) is 15.2. The van der Waals surface area contributed by atoms with Gasteiger partial charge in [-0.3, -0.25) is 9.47 Å². The van der Waals surface area contributed by atoms with Gasteiger partial charge in [-0.2, -0.15) is 0 Å². The maximum absolute atomic E-state index is 5.83. The van der Waals surface area contributed by atoms with Crippen LogP contribution in [-0.2, 0) is 11.4 Å². The van der Waals surface area contributed by atoms with Crippen LogP contribution >= 0.6 is 12.2 Å². The predicted octanol–water partition coefficient (Wildman–Crippen LogP) is 3.98. The highest BCUT2D eigenvalue weighted by Crippen LogP contribution is 2.23. The summed E-state index contributed by atoms with van der Waals surface area (Å²) in [5, 5.41) is 4.90. The number of aryl methyl sites for hydroxylation is 2. The fourth-order valence-corrected chi connectivity index (χ4v) is 3.54. The van der Waals surface area contributed by atoms with E-state index in [-0.39, 0.29) is 0 Å². The molecule has 0 radical (unpaired) electrons. The van der Waals surface area contributed by atoms with Crippen LogP contribution in [0.1, 0.15) is 11.1 Å². The lowest BCUT2D eigenvalue weighted by molar-refractivity contribution is 0.0210. The van der Waals surface area contributed by atoms with Crippen molar-refractivity contribution in [3.8, 4) is 17.1 Å². The van der Waals surface area contributed by atoms with E-state index >= 15 is 0 Å². The number of morpholine rings is 1. The van der Waals surface area contributed by atoms with Gasteiger partial charge in [-0.15, -0.1) is 5.10 Å². The van der Waals surface area contributed by atoms with E-state index in [0.29, 0.717) is 11.4 Å². The molecule has 5 nitrogen and oxygen atoms in total. The molecule has 0 spiro atoms. The molecule has 0 N–H and O–H groups in total. The number of rotatable bonds is 4. The second kappa shape index (κ2) is 7.76. The van der Waals surface area contributed by atoms with Crippen LogP contribution in [0.25, 0.3) is 17.1 Å². The van der Waals surface area contributed by atoms with E-state index in [4.69, 9.17) is 22.1 Å². The first kappa shape index (κ1) is 18.1. The molecule has 0 amide bonds. The average Bonchev–Trinajstić information content (AvgIpc) is 3.00. The first-order valence-corrected chi connectivity index (χ1v) is 9.67. The molecule has 1 aliphatic heterocycles. The fourth-order valence-electron chi connectivity index (χ4n) is 3.25. The van der Waals surface area contributed by atoms with Gasteiger partial charge in [-0.25, -0.2) is 4.68 Å². The summed E-state index contributed by atoms with van der Waals surface area (Å²) < 4.78 is 10.2. The van der Waals surface area contributed by atoms with Gasteiger partial charge in [-0.1, -0.05) is 47.5 Å². The van der Waals surface area contributed by atoms with Gasteiger partial charge in [0, 0.05) is 24.3 Å². The first-order valence-electron chi connectivity index (χ1n) is 9.26. The Morgan fingerprint density at radius 2 is 1.52 bits per heavy atom. The molecule has 1 saturated heterocycles. The molecule has 140 valence electrons. The van der Waals surface area contributed by atoms with Gasteiger partial charge in [0.25, 0.3) is 0 Å². The summed E-state index contributed by atoms with van der Waals surface area (Å²) in [7, 11) is 0. The van der Waals surface area contributed by atoms with Crippen molar-refractivity contribution in [2.24, 2.45) is 0 Å². The summed E-state index contributed by atoms with van der Waals surface area (Å²) in [6.07, 6.45) is 0. The maximum atomic E-state index is 5.83. The zero-order valence-electron chi connectivity index (χ0n) is 15.8. The number of hydrogen-bond acceptors (Lipinski definition) is 4. The molecular weight excluding hydrogens is 356 g/mol. The van der Waals surface area contributed by atoms with Crippen molar-refractivity contribution in [1.29, 1.82) is 0 Å². The van der Waals surface area contributed by atoms with E-state index in [1.54, 1.807) is 0 Å². The second-order valence-corrected chi connectivity index (χ2v) is 7.38. The molecule has 0 saturated carbocycles. The smallest absolute Gasteiger partial charge is 0.204 e. The molecule has 0 atom stereocenters. The summed E-state index contributed by atoms with van der Waals surface area (Å²) in [6.45, 7) is 8.19. The summed E-state index contributed by atoms with van der Waals surface area (Å²) in [4.78, 5) is 2.32. The molecule has 4 rings (SSSR count).